The van der Waals surface area contributed by atoms with Gasteiger partial charge in [0.05, 0.1) is 0 Å². The van der Waals surface area contributed by atoms with Crippen LogP contribution < -0.4 is 5.32 Å². The predicted molar refractivity (Wildman–Crippen MR) is 78.3 cm³/mol. The quantitative estimate of drug-likeness (QED) is 0.884. The Labute approximate surface area is 114 Å². The second-order valence-corrected chi connectivity index (χ2v) is 5.52. The van der Waals surface area contributed by atoms with Gasteiger partial charge in [-0.3, -0.25) is 0 Å². The summed E-state index contributed by atoms with van der Waals surface area (Å²) in [6.45, 7) is 6.04. The van der Waals surface area contributed by atoms with Crippen LogP contribution in [0.5, 0.6) is 0 Å². The Kier molecular flexibility index (Phi) is 3.85. The largest absolute Gasteiger partial charge is 0.381 e. The summed E-state index contributed by atoms with van der Waals surface area (Å²) in [5.41, 5.74) is 3.85. The van der Waals surface area contributed by atoms with Crippen molar-refractivity contribution < 1.29 is 4.74 Å². The van der Waals surface area contributed by atoms with Crippen molar-refractivity contribution in [2.75, 3.05) is 19.8 Å². The second kappa shape index (κ2) is 5.76. The summed E-state index contributed by atoms with van der Waals surface area (Å²) in [5.74, 6) is 0.778. The van der Waals surface area contributed by atoms with Crippen molar-refractivity contribution in [3.63, 3.8) is 0 Å². The molecule has 102 valence electrons. The van der Waals surface area contributed by atoms with Gasteiger partial charge in [-0.25, -0.2) is 0 Å². The molecule has 0 spiro atoms. The van der Waals surface area contributed by atoms with Crippen molar-refractivity contribution in [1.82, 2.24) is 10.3 Å². The van der Waals surface area contributed by atoms with Crippen LogP contribution in [0.1, 0.15) is 24.1 Å². The maximum Gasteiger partial charge on any atom is 0.0469 e. The van der Waals surface area contributed by atoms with E-state index in [0.717, 1.165) is 32.2 Å². The van der Waals surface area contributed by atoms with E-state index in [9.17, 15) is 0 Å². The van der Waals surface area contributed by atoms with Crippen molar-refractivity contribution in [1.29, 1.82) is 0 Å². The minimum atomic E-state index is 0.778. The lowest BCUT2D eigenvalue weighted by Gasteiger charge is -2.22. The minimum Gasteiger partial charge on any atom is -0.381 e. The van der Waals surface area contributed by atoms with Gasteiger partial charge < -0.3 is 15.0 Å². The van der Waals surface area contributed by atoms with Crippen molar-refractivity contribution in [3.05, 3.63) is 35.5 Å². The molecule has 1 aromatic heterocycles. The van der Waals surface area contributed by atoms with Gasteiger partial charge >= 0.3 is 0 Å². The summed E-state index contributed by atoms with van der Waals surface area (Å²) < 4.78 is 5.38. The summed E-state index contributed by atoms with van der Waals surface area (Å²) >= 11 is 0. The van der Waals surface area contributed by atoms with Crippen LogP contribution >= 0.6 is 0 Å². The summed E-state index contributed by atoms with van der Waals surface area (Å²) in [4.78, 5) is 3.49. The van der Waals surface area contributed by atoms with E-state index in [4.69, 9.17) is 4.74 Å². The first-order valence-corrected chi connectivity index (χ1v) is 7.18. The van der Waals surface area contributed by atoms with Gasteiger partial charge in [0.15, 0.2) is 0 Å². The number of fused-ring (bicyclic) bond motifs is 1. The molecule has 2 aromatic rings. The van der Waals surface area contributed by atoms with Crippen molar-refractivity contribution in [2.24, 2.45) is 5.92 Å². The zero-order chi connectivity index (χ0) is 13.1. The van der Waals surface area contributed by atoms with Gasteiger partial charge in [0, 0.05) is 36.4 Å². The smallest absolute Gasteiger partial charge is 0.0469 e. The molecule has 1 aliphatic heterocycles. The molecule has 3 nitrogen and oxygen atoms in total. The van der Waals surface area contributed by atoms with Gasteiger partial charge in [0.1, 0.15) is 0 Å². The van der Waals surface area contributed by atoms with E-state index in [1.165, 1.54) is 35.0 Å². The molecule has 3 heteroatoms. The molecule has 0 amide bonds. The lowest BCUT2D eigenvalue weighted by atomic mass is 10.0. The molecular formula is C16H22N2O. The number of hydrogen-bond donors (Lipinski definition) is 2. The highest BCUT2D eigenvalue weighted by atomic mass is 16.5. The second-order valence-electron chi connectivity index (χ2n) is 5.52. The molecular weight excluding hydrogens is 236 g/mol. The molecule has 1 aromatic carbocycles. The monoisotopic (exact) mass is 258 g/mol. The predicted octanol–water partition coefficient (Wildman–Crippen LogP) is 2.99. The van der Waals surface area contributed by atoms with E-state index in [1.54, 1.807) is 0 Å². The van der Waals surface area contributed by atoms with Gasteiger partial charge in [0.25, 0.3) is 0 Å². The number of ether oxygens (including phenoxy) is 1. The normalized spacial score (nSPS) is 17.1. The summed E-state index contributed by atoms with van der Waals surface area (Å²) in [6, 6.07) is 8.68. The van der Waals surface area contributed by atoms with E-state index in [1.807, 2.05) is 0 Å². The van der Waals surface area contributed by atoms with E-state index in [0.29, 0.717) is 0 Å². The number of rotatable bonds is 4. The molecule has 0 saturated carbocycles. The summed E-state index contributed by atoms with van der Waals surface area (Å²) in [7, 11) is 0. The SMILES string of the molecule is Cc1cccc2[nH]c(CNCC3CCOCC3)cc12. The molecule has 2 N–H and O–H groups in total. The van der Waals surface area contributed by atoms with E-state index < -0.39 is 0 Å². The lowest BCUT2D eigenvalue weighted by Crippen LogP contribution is -2.27. The average Bonchev–Trinajstić information content (AvgIpc) is 2.84. The molecule has 0 bridgehead atoms. The van der Waals surface area contributed by atoms with E-state index >= 15 is 0 Å². The fraction of sp³-hybridized carbons (Fsp3) is 0.500. The number of hydrogen-bond acceptors (Lipinski definition) is 2. The maximum atomic E-state index is 5.38. The first-order chi connectivity index (χ1) is 9.33. The molecule has 3 rings (SSSR count). The molecule has 19 heavy (non-hydrogen) atoms. The molecule has 1 aliphatic rings. The zero-order valence-electron chi connectivity index (χ0n) is 11.5. The molecule has 0 aliphatic carbocycles. The lowest BCUT2D eigenvalue weighted by molar-refractivity contribution is 0.0662. The van der Waals surface area contributed by atoms with Gasteiger partial charge in [-0.2, -0.15) is 0 Å². The standard InChI is InChI=1S/C16H22N2O/c1-12-3-2-4-16-15(12)9-14(18-16)11-17-10-13-5-7-19-8-6-13/h2-4,9,13,17-18H,5-8,10-11H2,1H3. The van der Waals surface area contributed by atoms with Crippen LogP contribution in [0.3, 0.4) is 0 Å². The highest BCUT2D eigenvalue weighted by Crippen LogP contribution is 2.19. The van der Waals surface area contributed by atoms with Crippen LogP contribution in [0.4, 0.5) is 0 Å². The van der Waals surface area contributed by atoms with Crippen molar-refractivity contribution >= 4 is 10.9 Å². The fourth-order valence-corrected chi connectivity index (χ4v) is 2.82. The first-order valence-electron chi connectivity index (χ1n) is 7.18. The highest BCUT2D eigenvalue weighted by molar-refractivity contribution is 5.83. The average molecular weight is 258 g/mol. The Balaban J connectivity index is 1.57. The van der Waals surface area contributed by atoms with Crippen molar-refractivity contribution in [3.8, 4) is 0 Å². The number of benzene rings is 1. The molecule has 0 radical (unpaired) electrons. The van der Waals surface area contributed by atoms with Crippen LogP contribution in [0.25, 0.3) is 10.9 Å². The van der Waals surface area contributed by atoms with Gasteiger partial charge in [-0.15, -0.1) is 0 Å². The Morgan fingerprint density at radius 2 is 2.16 bits per heavy atom. The van der Waals surface area contributed by atoms with E-state index in [2.05, 4.69) is 41.5 Å². The minimum absolute atomic E-state index is 0.778. The Hall–Kier alpha value is -1.32. The third-order valence-corrected chi connectivity index (χ3v) is 4.03. The third-order valence-electron chi connectivity index (χ3n) is 4.03. The third kappa shape index (κ3) is 2.99. The number of H-pyrrole nitrogens is 1. The van der Waals surface area contributed by atoms with Crippen molar-refractivity contribution in [2.45, 2.75) is 26.3 Å². The summed E-state index contributed by atoms with van der Waals surface area (Å²) in [5, 5.41) is 4.90. The molecule has 1 saturated heterocycles. The van der Waals surface area contributed by atoms with Gasteiger partial charge in [0.2, 0.25) is 0 Å². The van der Waals surface area contributed by atoms with Crippen LogP contribution in [0.15, 0.2) is 24.3 Å². The number of aromatic nitrogens is 1. The number of nitrogens with one attached hydrogen (secondary N) is 2. The first kappa shape index (κ1) is 12.7. The Bertz CT molecular complexity index is 541. The van der Waals surface area contributed by atoms with Crippen LogP contribution in [0, 0.1) is 12.8 Å². The zero-order valence-corrected chi connectivity index (χ0v) is 11.5. The molecule has 2 heterocycles. The van der Waals surface area contributed by atoms with Gasteiger partial charge in [-0.1, -0.05) is 12.1 Å². The Morgan fingerprint density at radius 3 is 2.95 bits per heavy atom. The van der Waals surface area contributed by atoms with E-state index in [-0.39, 0.29) is 0 Å². The topological polar surface area (TPSA) is 37.0 Å². The van der Waals surface area contributed by atoms with Crippen LogP contribution in [-0.2, 0) is 11.3 Å². The number of aromatic amines is 1. The van der Waals surface area contributed by atoms with Crippen LogP contribution in [0.2, 0.25) is 0 Å². The molecule has 0 unspecified atom stereocenters. The van der Waals surface area contributed by atoms with Gasteiger partial charge in [-0.05, 0) is 49.9 Å². The maximum absolute atomic E-state index is 5.38. The highest BCUT2D eigenvalue weighted by Gasteiger charge is 2.13. The fourth-order valence-electron chi connectivity index (χ4n) is 2.82. The van der Waals surface area contributed by atoms with Crippen LogP contribution in [-0.4, -0.2) is 24.7 Å². The number of aryl methyl sites for hydroxylation is 1. The molecule has 1 fully saturated rings. The summed E-state index contributed by atoms with van der Waals surface area (Å²) in [6.07, 6.45) is 2.39. The Morgan fingerprint density at radius 1 is 1.32 bits per heavy atom. The molecule has 0 atom stereocenters.